The third-order valence-corrected chi connectivity index (χ3v) is 6.65. The number of ether oxygens (including phenoxy) is 1. The molecule has 0 aromatic heterocycles. The number of anilines is 1. The molecule has 27 heavy (non-hydrogen) atoms. The number of hydrogen-bond acceptors (Lipinski definition) is 5. The number of nitrogens with zero attached hydrogens (tertiary/aromatic N) is 1. The topological polar surface area (TPSA) is 87.7 Å². The number of amides is 1. The van der Waals surface area contributed by atoms with Gasteiger partial charge >= 0.3 is 0 Å². The molecule has 3 rings (SSSR count). The lowest BCUT2D eigenvalue weighted by molar-refractivity contribution is -0.115. The SMILES string of the molecule is Cl.O=C(CNCC1CCCO1)Nc1cccc(S(=O)(=O)N2CCCCC2)c1. The summed E-state index contributed by atoms with van der Waals surface area (Å²) in [5, 5.41) is 5.84. The van der Waals surface area contributed by atoms with Gasteiger partial charge in [0.05, 0.1) is 17.5 Å². The van der Waals surface area contributed by atoms with Gasteiger partial charge in [0.25, 0.3) is 0 Å². The summed E-state index contributed by atoms with van der Waals surface area (Å²) in [6.07, 6.45) is 5.13. The molecular formula is C18H28ClN3O4S. The van der Waals surface area contributed by atoms with Crippen LogP contribution in [0.3, 0.4) is 0 Å². The van der Waals surface area contributed by atoms with Crippen LogP contribution in [0.25, 0.3) is 0 Å². The van der Waals surface area contributed by atoms with Crippen molar-refractivity contribution in [1.82, 2.24) is 9.62 Å². The molecule has 2 aliphatic rings. The van der Waals surface area contributed by atoms with Crippen molar-refractivity contribution >= 4 is 34.0 Å². The second kappa shape index (κ2) is 10.4. The first-order chi connectivity index (χ1) is 12.6. The van der Waals surface area contributed by atoms with Crippen LogP contribution in [0.2, 0.25) is 0 Å². The van der Waals surface area contributed by atoms with Gasteiger partial charge < -0.3 is 15.4 Å². The van der Waals surface area contributed by atoms with Crippen LogP contribution in [0.1, 0.15) is 32.1 Å². The number of nitrogens with one attached hydrogen (secondary N) is 2. The summed E-state index contributed by atoms with van der Waals surface area (Å²) < 4.78 is 32.5. The molecule has 1 aromatic carbocycles. The van der Waals surface area contributed by atoms with E-state index in [1.54, 1.807) is 18.2 Å². The first kappa shape index (κ1) is 22.1. The van der Waals surface area contributed by atoms with E-state index in [1.807, 2.05) is 0 Å². The van der Waals surface area contributed by atoms with Crippen molar-refractivity contribution in [3.63, 3.8) is 0 Å². The van der Waals surface area contributed by atoms with Crippen molar-refractivity contribution in [1.29, 1.82) is 0 Å². The van der Waals surface area contributed by atoms with Crippen molar-refractivity contribution in [3.8, 4) is 0 Å². The van der Waals surface area contributed by atoms with Crippen molar-refractivity contribution < 1.29 is 17.9 Å². The van der Waals surface area contributed by atoms with Crippen LogP contribution in [0, 0.1) is 0 Å². The summed E-state index contributed by atoms with van der Waals surface area (Å²) in [6, 6.07) is 6.47. The highest BCUT2D eigenvalue weighted by Gasteiger charge is 2.26. The van der Waals surface area contributed by atoms with E-state index in [9.17, 15) is 13.2 Å². The van der Waals surface area contributed by atoms with Crippen LogP contribution in [-0.4, -0.2) is 57.5 Å². The second-order valence-corrected chi connectivity index (χ2v) is 8.74. The lowest BCUT2D eigenvalue weighted by Crippen LogP contribution is -2.35. The lowest BCUT2D eigenvalue weighted by atomic mass is 10.2. The van der Waals surface area contributed by atoms with E-state index in [2.05, 4.69) is 10.6 Å². The van der Waals surface area contributed by atoms with Crippen molar-refractivity contribution in [2.75, 3.05) is 38.1 Å². The minimum absolute atomic E-state index is 0. The molecule has 0 spiro atoms. The summed E-state index contributed by atoms with van der Waals surface area (Å²) in [5.74, 6) is -0.199. The minimum Gasteiger partial charge on any atom is -0.377 e. The number of hydrogen-bond donors (Lipinski definition) is 2. The summed E-state index contributed by atoms with van der Waals surface area (Å²) in [5.41, 5.74) is 0.493. The zero-order valence-electron chi connectivity index (χ0n) is 15.4. The lowest BCUT2D eigenvalue weighted by Gasteiger charge is -2.26. The molecule has 0 bridgehead atoms. The standard InChI is InChI=1S/C18H27N3O4S.ClH/c22-18(14-19-13-16-7-5-11-25-16)20-15-6-4-8-17(12-15)26(23,24)21-9-2-1-3-10-21;/h4,6,8,12,16,19H,1-3,5,7,9-11,13-14H2,(H,20,22);1H. The van der Waals surface area contributed by atoms with Gasteiger partial charge in [-0.1, -0.05) is 12.5 Å². The predicted octanol–water partition coefficient (Wildman–Crippen LogP) is 1.99. The highest BCUT2D eigenvalue weighted by Crippen LogP contribution is 2.22. The highest BCUT2D eigenvalue weighted by molar-refractivity contribution is 7.89. The third-order valence-electron chi connectivity index (χ3n) is 4.75. The van der Waals surface area contributed by atoms with Crippen LogP contribution in [0.4, 0.5) is 5.69 Å². The van der Waals surface area contributed by atoms with Gasteiger partial charge in [-0.3, -0.25) is 4.79 Å². The number of piperidine rings is 1. The second-order valence-electron chi connectivity index (χ2n) is 6.81. The van der Waals surface area contributed by atoms with Gasteiger partial charge in [-0.05, 0) is 43.9 Å². The number of benzene rings is 1. The highest BCUT2D eigenvalue weighted by atomic mass is 35.5. The van der Waals surface area contributed by atoms with Gasteiger partial charge in [0.2, 0.25) is 15.9 Å². The smallest absolute Gasteiger partial charge is 0.243 e. The van der Waals surface area contributed by atoms with Crippen LogP contribution < -0.4 is 10.6 Å². The maximum absolute atomic E-state index is 12.7. The summed E-state index contributed by atoms with van der Waals surface area (Å²) in [7, 11) is -3.50. The van der Waals surface area contributed by atoms with E-state index >= 15 is 0 Å². The van der Waals surface area contributed by atoms with Gasteiger partial charge in [0.15, 0.2) is 0 Å². The average Bonchev–Trinajstić information content (AvgIpc) is 3.16. The van der Waals surface area contributed by atoms with Crippen molar-refractivity contribution in [2.45, 2.75) is 43.1 Å². The molecule has 1 atom stereocenters. The molecule has 2 N–H and O–H groups in total. The first-order valence-corrected chi connectivity index (χ1v) is 10.7. The molecule has 0 saturated carbocycles. The fourth-order valence-corrected chi connectivity index (χ4v) is 4.91. The number of halogens is 1. The fourth-order valence-electron chi connectivity index (χ4n) is 3.35. The first-order valence-electron chi connectivity index (χ1n) is 9.28. The molecular weight excluding hydrogens is 390 g/mol. The molecule has 0 aliphatic carbocycles. The summed E-state index contributed by atoms with van der Waals surface area (Å²) >= 11 is 0. The Bertz CT molecular complexity index is 717. The van der Waals surface area contributed by atoms with Crippen LogP contribution in [0.5, 0.6) is 0 Å². The minimum atomic E-state index is -3.50. The monoisotopic (exact) mass is 417 g/mol. The average molecular weight is 418 g/mol. The van der Waals surface area contributed by atoms with E-state index in [1.165, 1.54) is 10.4 Å². The molecule has 9 heteroatoms. The van der Waals surface area contributed by atoms with Crippen LogP contribution >= 0.6 is 12.4 Å². The molecule has 2 saturated heterocycles. The van der Waals surface area contributed by atoms with E-state index in [0.29, 0.717) is 25.3 Å². The Morgan fingerprint density at radius 2 is 1.96 bits per heavy atom. The van der Waals surface area contributed by atoms with Crippen LogP contribution in [0.15, 0.2) is 29.2 Å². The molecule has 2 heterocycles. The zero-order chi connectivity index (χ0) is 18.4. The maximum Gasteiger partial charge on any atom is 0.243 e. The van der Waals surface area contributed by atoms with Crippen molar-refractivity contribution in [3.05, 3.63) is 24.3 Å². The van der Waals surface area contributed by atoms with Gasteiger partial charge in [-0.25, -0.2) is 8.42 Å². The predicted molar refractivity (Wildman–Crippen MR) is 107 cm³/mol. The maximum atomic E-state index is 12.7. The number of rotatable bonds is 7. The Balaban J connectivity index is 0.00000261. The van der Waals surface area contributed by atoms with Gasteiger partial charge in [0, 0.05) is 31.9 Å². The normalized spacial score (nSPS) is 20.8. The summed E-state index contributed by atoms with van der Waals surface area (Å²) in [6.45, 7) is 2.73. The molecule has 1 unspecified atom stereocenters. The molecule has 1 aromatic rings. The van der Waals surface area contributed by atoms with Crippen molar-refractivity contribution in [2.24, 2.45) is 0 Å². The van der Waals surface area contributed by atoms with Crippen LogP contribution in [-0.2, 0) is 19.6 Å². The quantitative estimate of drug-likeness (QED) is 0.708. The fraction of sp³-hybridized carbons (Fsp3) is 0.611. The Morgan fingerprint density at radius 1 is 1.19 bits per heavy atom. The Hall–Kier alpha value is -1.19. The Kier molecular flexibility index (Phi) is 8.50. The number of sulfonamides is 1. The van der Waals surface area contributed by atoms with E-state index < -0.39 is 10.0 Å². The van der Waals surface area contributed by atoms with E-state index in [0.717, 1.165) is 38.7 Å². The van der Waals surface area contributed by atoms with Gasteiger partial charge in [-0.15, -0.1) is 12.4 Å². The molecule has 1 amide bonds. The molecule has 2 aliphatic heterocycles. The molecule has 0 radical (unpaired) electrons. The number of carbonyl (C=O) groups excluding carboxylic acids is 1. The molecule has 152 valence electrons. The molecule has 7 nitrogen and oxygen atoms in total. The van der Waals surface area contributed by atoms with Gasteiger partial charge in [0.1, 0.15) is 0 Å². The van der Waals surface area contributed by atoms with Gasteiger partial charge in [-0.2, -0.15) is 4.31 Å². The zero-order valence-corrected chi connectivity index (χ0v) is 17.0. The number of carbonyl (C=O) groups is 1. The Morgan fingerprint density at radius 3 is 2.67 bits per heavy atom. The van der Waals surface area contributed by atoms with E-state index in [-0.39, 0.29) is 35.9 Å². The Labute approximate surface area is 167 Å². The molecule has 2 fully saturated rings. The largest absolute Gasteiger partial charge is 0.377 e. The summed E-state index contributed by atoms with van der Waals surface area (Å²) in [4.78, 5) is 12.3. The van der Waals surface area contributed by atoms with E-state index in [4.69, 9.17) is 4.74 Å². The third kappa shape index (κ3) is 6.15.